The van der Waals surface area contributed by atoms with Crippen molar-refractivity contribution in [2.75, 3.05) is 6.61 Å². The minimum Gasteiger partial charge on any atom is -0.394 e. The molecular formula is C12H22O10. The topological polar surface area (TPSA) is 169 Å². The van der Waals surface area contributed by atoms with E-state index in [2.05, 4.69) is 0 Å². The standard InChI is InChI=1S/C12H22O10/c1-3-5(14)7(16)9(18)12(20-3)22-10-8(17)6(15)4(2-13)21-11(10)19/h3-19H,2H2,1H3/t3-,4+,5-,6+,7+,8+,9+,10-,11-,12+/m1/s1. The molecule has 0 aliphatic carbocycles. The molecule has 22 heavy (non-hydrogen) atoms. The van der Waals surface area contributed by atoms with Crippen LogP contribution in [0.1, 0.15) is 6.92 Å². The summed E-state index contributed by atoms with van der Waals surface area (Å²) in [6, 6.07) is 0. The highest BCUT2D eigenvalue weighted by molar-refractivity contribution is 4.92. The fourth-order valence-corrected chi connectivity index (χ4v) is 2.50. The first-order valence-corrected chi connectivity index (χ1v) is 6.93. The molecule has 0 saturated carbocycles. The molecule has 10 heteroatoms. The van der Waals surface area contributed by atoms with E-state index in [0.717, 1.165) is 0 Å². The van der Waals surface area contributed by atoms with Gasteiger partial charge in [0.15, 0.2) is 12.6 Å². The lowest BCUT2D eigenvalue weighted by molar-refractivity contribution is -0.358. The average Bonchev–Trinajstić information content (AvgIpc) is 2.49. The minimum absolute atomic E-state index is 0.619. The van der Waals surface area contributed by atoms with Crippen molar-refractivity contribution in [2.45, 2.75) is 68.3 Å². The average molecular weight is 326 g/mol. The molecular weight excluding hydrogens is 304 g/mol. The van der Waals surface area contributed by atoms with Gasteiger partial charge >= 0.3 is 0 Å². The Labute approximate surface area is 126 Å². The molecule has 0 unspecified atom stereocenters. The van der Waals surface area contributed by atoms with E-state index in [0.29, 0.717) is 0 Å². The van der Waals surface area contributed by atoms with Crippen molar-refractivity contribution in [1.29, 1.82) is 0 Å². The summed E-state index contributed by atoms with van der Waals surface area (Å²) in [6.45, 7) is 0.823. The van der Waals surface area contributed by atoms with Crippen molar-refractivity contribution >= 4 is 0 Å². The molecule has 2 heterocycles. The van der Waals surface area contributed by atoms with Crippen LogP contribution in [-0.2, 0) is 14.2 Å². The fourth-order valence-electron chi connectivity index (χ4n) is 2.50. The number of hydrogen-bond donors (Lipinski definition) is 7. The Hall–Kier alpha value is -0.400. The molecule has 0 aromatic rings. The monoisotopic (exact) mass is 326 g/mol. The molecule has 2 rings (SSSR count). The molecule has 130 valence electrons. The highest BCUT2D eigenvalue weighted by Gasteiger charge is 2.49. The lowest BCUT2D eigenvalue weighted by atomic mass is 9.97. The third-order valence-corrected chi connectivity index (χ3v) is 3.94. The zero-order valence-electron chi connectivity index (χ0n) is 11.8. The first kappa shape index (κ1) is 17.9. The molecule has 0 aromatic heterocycles. The van der Waals surface area contributed by atoms with Crippen LogP contribution in [0.25, 0.3) is 0 Å². The molecule has 0 amide bonds. The van der Waals surface area contributed by atoms with Crippen molar-refractivity contribution in [1.82, 2.24) is 0 Å². The summed E-state index contributed by atoms with van der Waals surface area (Å²) in [6.07, 6.45) is -14.3. The molecule has 7 N–H and O–H groups in total. The van der Waals surface area contributed by atoms with Gasteiger partial charge in [-0.05, 0) is 6.92 Å². The highest BCUT2D eigenvalue weighted by Crippen LogP contribution is 2.28. The largest absolute Gasteiger partial charge is 0.394 e. The van der Waals surface area contributed by atoms with Crippen LogP contribution in [0.2, 0.25) is 0 Å². The maximum Gasteiger partial charge on any atom is 0.187 e. The van der Waals surface area contributed by atoms with Crippen molar-refractivity contribution in [3.63, 3.8) is 0 Å². The maximum atomic E-state index is 9.93. The Morgan fingerprint density at radius 3 is 2.05 bits per heavy atom. The number of rotatable bonds is 3. The Kier molecular flexibility index (Phi) is 5.72. The predicted octanol–water partition coefficient (Wildman–Crippen LogP) is -4.37. The molecule has 10 nitrogen and oxygen atoms in total. The van der Waals surface area contributed by atoms with Gasteiger partial charge < -0.3 is 50.0 Å². The normalized spacial score (nSPS) is 53.5. The first-order chi connectivity index (χ1) is 10.3. The molecule has 0 spiro atoms. The SMILES string of the molecule is C[C@H]1O[C@@H](O[C@@H]2[C@@H](O)[C@@H](O)[C@H](CO)O[C@H]2O)[C@@H](O)[C@@H](O)[C@@H]1O. The Bertz CT molecular complexity index is 368. The molecule has 2 saturated heterocycles. The minimum atomic E-state index is -1.69. The van der Waals surface area contributed by atoms with Crippen LogP contribution in [0.5, 0.6) is 0 Å². The zero-order chi connectivity index (χ0) is 16.6. The van der Waals surface area contributed by atoms with Crippen LogP contribution in [0.3, 0.4) is 0 Å². The zero-order valence-corrected chi connectivity index (χ0v) is 11.8. The van der Waals surface area contributed by atoms with Crippen LogP contribution < -0.4 is 0 Å². The van der Waals surface area contributed by atoms with E-state index in [1.54, 1.807) is 0 Å². The number of hydrogen-bond acceptors (Lipinski definition) is 10. The summed E-state index contributed by atoms with van der Waals surface area (Å²) < 4.78 is 15.3. The molecule has 10 atom stereocenters. The van der Waals surface area contributed by atoms with Gasteiger partial charge in [-0.1, -0.05) is 0 Å². The summed E-state index contributed by atoms with van der Waals surface area (Å²) >= 11 is 0. The van der Waals surface area contributed by atoms with Crippen LogP contribution in [-0.4, -0.2) is 104 Å². The third-order valence-electron chi connectivity index (χ3n) is 3.94. The van der Waals surface area contributed by atoms with Gasteiger partial charge in [-0.2, -0.15) is 0 Å². The van der Waals surface area contributed by atoms with Gasteiger partial charge in [0.05, 0.1) is 12.7 Å². The van der Waals surface area contributed by atoms with Gasteiger partial charge in [0.2, 0.25) is 0 Å². The van der Waals surface area contributed by atoms with Crippen LogP contribution in [0, 0.1) is 0 Å². The summed E-state index contributed by atoms with van der Waals surface area (Å²) in [5.74, 6) is 0. The first-order valence-electron chi connectivity index (χ1n) is 6.93. The van der Waals surface area contributed by atoms with E-state index in [4.69, 9.17) is 19.3 Å². The van der Waals surface area contributed by atoms with Gasteiger partial charge in [-0.15, -0.1) is 0 Å². The predicted molar refractivity (Wildman–Crippen MR) is 67.2 cm³/mol. The van der Waals surface area contributed by atoms with E-state index in [1.165, 1.54) is 6.92 Å². The van der Waals surface area contributed by atoms with E-state index >= 15 is 0 Å². The quantitative estimate of drug-likeness (QED) is 0.269. The highest BCUT2D eigenvalue weighted by atomic mass is 16.7. The molecule has 0 bridgehead atoms. The molecule has 2 aliphatic rings. The van der Waals surface area contributed by atoms with Gasteiger partial charge in [0.25, 0.3) is 0 Å². The number of aliphatic hydroxyl groups excluding tert-OH is 7. The summed E-state index contributed by atoms with van der Waals surface area (Å²) in [5.41, 5.74) is 0. The van der Waals surface area contributed by atoms with Crippen LogP contribution >= 0.6 is 0 Å². The number of aliphatic hydroxyl groups is 7. The van der Waals surface area contributed by atoms with Crippen molar-refractivity contribution < 1.29 is 50.0 Å². The summed E-state index contributed by atoms with van der Waals surface area (Å²) in [5, 5.41) is 67.5. The van der Waals surface area contributed by atoms with Crippen molar-refractivity contribution in [3.05, 3.63) is 0 Å². The van der Waals surface area contributed by atoms with Gasteiger partial charge in [0.1, 0.15) is 42.7 Å². The Morgan fingerprint density at radius 1 is 0.818 bits per heavy atom. The van der Waals surface area contributed by atoms with Crippen molar-refractivity contribution in [3.8, 4) is 0 Å². The van der Waals surface area contributed by atoms with E-state index in [1.807, 2.05) is 0 Å². The van der Waals surface area contributed by atoms with Gasteiger partial charge in [-0.3, -0.25) is 0 Å². The van der Waals surface area contributed by atoms with E-state index in [9.17, 15) is 30.6 Å². The molecule has 0 radical (unpaired) electrons. The lowest BCUT2D eigenvalue weighted by Crippen LogP contribution is -2.63. The third kappa shape index (κ3) is 3.26. The second-order valence-electron chi connectivity index (χ2n) is 5.51. The summed E-state index contributed by atoms with van der Waals surface area (Å²) in [4.78, 5) is 0. The Morgan fingerprint density at radius 2 is 1.45 bits per heavy atom. The van der Waals surface area contributed by atoms with Gasteiger partial charge in [-0.25, -0.2) is 0 Å². The number of ether oxygens (including phenoxy) is 3. The lowest BCUT2D eigenvalue weighted by Gasteiger charge is -2.44. The smallest absolute Gasteiger partial charge is 0.187 e. The maximum absolute atomic E-state index is 9.93. The second-order valence-corrected chi connectivity index (χ2v) is 5.51. The molecule has 2 fully saturated rings. The van der Waals surface area contributed by atoms with Crippen LogP contribution in [0.15, 0.2) is 0 Å². The summed E-state index contributed by atoms with van der Waals surface area (Å²) in [7, 11) is 0. The molecule has 2 aliphatic heterocycles. The van der Waals surface area contributed by atoms with E-state index in [-0.39, 0.29) is 0 Å². The fraction of sp³-hybridized carbons (Fsp3) is 1.00. The molecule has 0 aromatic carbocycles. The van der Waals surface area contributed by atoms with Gasteiger partial charge in [0, 0.05) is 0 Å². The Balaban J connectivity index is 2.06. The van der Waals surface area contributed by atoms with E-state index < -0.39 is 68.0 Å². The van der Waals surface area contributed by atoms with Crippen LogP contribution in [0.4, 0.5) is 0 Å². The van der Waals surface area contributed by atoms with Crippen molar-refractivity contribution in [2.24, 2.45) is 0 Å². The second kappa shape index (κ2) is 7.01.